The lowest BCUT2D eigenvalue weighted by Gasteiger charge is -2.56. The van der Waals surface area contributed by atoms with Gasteiger partial charge in [0, 0.05) is 16.4 Å². The van der Waals surface area contributed by atoms with E-state index in [4.69, 9.17) is 14.8 Å². The van der Waals surface area contributed by atoms with Crippen molar-refractivity contribution < 1.29 is 14.6 Å². The number of aliphatic carboxylic acids is 1. The normalized spacial score (nSPS) is 29.6. The summed E-state index contributed by atoms with van der Waals surface area (Å²) in [5.41, 5.74) is 2.56. The fourth-order valence-electron chi connectivity index (χ4n) is 6.23. The highest BCUT2D eigenvalue weighted by Crippen LogP contribution is 2.60. The highest BCUT2D eigenvalue weighted by molar-refractivity contribution is 7.11. The van der Waals surface area contributed by atoms with E-state index in [1.807, 2.05) is 12.1 Å². The SMILES string of the molecule is N#C/C(=C\c1ccccc1OCC(=O)O)c1nc(C23CC4CC(CC(C4)C2)C3)cs1. The number of nitrogens with zero attached hydrogens (tertiary/aromatic N) is 2. The molecular formula is C24H24N2O3S. The Bertz CT molecular complexity index is 1010. The molecule has 4 saturated carbocycles. The lowest BCUT2D eigenvalue weighted by molar-refractivity contribution is -0.139. The van der Waals surface area contributed by atoms with Gasteiger partial charge < -0.3 is 9.84 Å². The lowest BCUT2D eigenvalue weighted by Crippen LogP contribution is -2.48. The van der Waals surface area contributed by atoms with Crippen LogP contribution >= 0.6 is 11.3 Å². The van der Waals surface area contributed by atoms with Crippen LogP contribution in [0.4, 0.5) is 0 Å². The Balaban J connectivity index is 1.43. The smallest absolute Gasteiger partial charge is 0.341 e. The quantitative estimate of drug-likeness (QED) is 0.654. The van der Waals surface area contributed by atoms with E-state index in [-0.39, 0.29) is 5.41 Å². The van der Waals surface area contributed by atoms with Crippen molar-refractivity contribution in [2.45, 2.75) is 43.9 Å². The molecule has 4 aliphatic rings. The summed E-state index contributed by atoms with van der Waals surface area (Å²) >= 11 is 1.54. The van der Waals surface area contributed by atoms with Gasteiger partial charge in [0.1, 0.15) is 16.8 Å². The molecular weight excluding hydrogens is 396 g/mol. The lowest BCUT2D eigenvalue weighted by atomic mass is 9.49. The van der Waals surface area contributed by atoms with Gasteiger partial charge in [-0.3, -0.25) is 0 Å². The first-order valence-corrected chi connectivity index (χ1v) is 11.4. The van der Waals surface area contributed by atoms with Crippen molar-refractivity contribution in [1.82, 2.24) is 4.98 Å². The van der Waals surface area contributed by atoms with E-state index in [9.17, 15) is 10.1 Å². The van der Waals surface area contributed by atoms with Crippen LogP contribution < -0.4 is 4.74 Å². The Morgan fingerprint density at radius 3 is 2.53 bits per heavy atom. The average Bonchev–Trinajstić information content (AvgIpc) is 3.21. The van der Waals surface area contributed by atoms with E-state index < -0.39 is 12.6 Å². The molecule has 5 nitrogen and oxygen atoms in total. The molecule has 30 heavy (non-hydrogen) atoms. The number of allylic oxidation sites excluding steroid dienone is 1. The predicted molar refractivity (Wildman–Crippen MR) is 115 cm³/mol. The van der Waals surface area contributed by atoms with Gasteiger partial charge in [-0.15, -0.1) is 11.3 Å². The van der Waals surface area contributed by atoms with Crippen LogP contribution in [0.15, 0.2) is 29.6 Å². The van der Waals surface area contributed by atoms with Crippen molar-refractivity contribution in [3.63, 3.8) is 0 Å². The number of carbonyl (C=O) groups is 1. The fraction of sp³-hybridized carbons (Fsp3) is 0.458. The maximum Gasteiger partial charge on any atom is 0.341 e. The number of carboxylic acids is 1. The third kappa shape index (κ3) is 3.52. The molecule has 0 amide bonds. The van der Waals surface area contributed by atoms with E-state index in [1.165, 1.54) is 55.6 Å². The van der Waals surface area contributed by atoms with Gasteiger partial charge in [-0.2, -0.15) is 5.26 Å². The zero-order valence-corrected chi connectivity index (χ0v) is 17.5. The number of hydrogen-bond donors (Lipinski definition) is 1. The molecule has 1 aromatic heterocycles. The minimum atomic E-state index is -1.03. The van der Waals surface area contributed by atoms with Crippen LogP contribution in [0.1, 0.15) is 54.8 Å². The van der Waals surface area contributed by atoms with Gasteiger partial charge in [0.15, 0.2) is 6.61 Å². The van der Waals surface area contributed by atoms with E-state index in [1.54, 1.807) is 18.2 Å². The van der Waals surface area contributed by atoms with E-state index >= 15 is 0 Å². The number of aromatic nitrogens is 1. The molecule has 0 aliphatic heterocycles. The second kappa shape index (κ2) is 7.55. The van der Waals surface area contributed by atoms with Gasteiger partial charge in [-0.25, -0.2) is 9.78 Å². The molecule has 0 radical (unpaired) electrons. The third-order valence-corrected chi connectivity index (χ3v) is 7.88. The number of nitriles is 1. The summed E-state index contributed by atoms with van der Waals surface area (Å²) in [6.07, 6.45) is 9.69. The predicted octanol–water partition coefficient (Wildman–Crippen LogP) is 5.14. The number of carboxylic acid groups (broad SMARTS) is 1. The Kier molecular flexibility index (Phi) is 4.86. The van der Waals surface area contributed by atoms with Crippen molar-refractivity contribution >= 4 is 29.0 Å². The minimum absolute atomic E-state index is 0.215. The second-order valence-electron chi connectivity index (χ2n) is 9.13. The van der Waals surface area contributed by atoms with Gasteiger partial charge in [-0.05, 0) is 68.4 Å². The van der Waals surface area contributed by atoms with Crippen LogP contribution in [0.25, 0.3) is 11.6 Å². The minimum Gasteiger partial charge on any atom is -0.481 e. The van der Waals surface area contributed by atoms with Crippen molar-refractivity contribution in [2.75, 3.05) is 6.61 Å². The topological polar surface area (TPSA) is 83.2 Å². The molecule has 1 aromatic carbocycles. The van der Waals surface area contributed by atoms with E-state index in [0.717, 1.165) is 22.8 Å². The number of thiazole rings is 1. The summed E-state index contributed by atoms with van der Waals surface area (Å²) < 4.78 is 5.38. The van der Waals surface area contributed by atoms with E-state index in [2.05, 4.69) is 11.4 Å². The molecule has 0 spiro atoms. The Morgan fingerprint density at radius 1 is 1.23 bits per heavy atom. The maximum absolute atomic E-state index is 10.8. The Hall–Kier alpha value is -2.65. The van der Waals surface area contributed by atoms with Gasteiger partial charge in [0.05, 0.1) is 11.3 Å². The molecule has 1 N–H and O–H groups in total. The standard InChI is InChI=1S/C24H24N2O3S/c25-12-19(8-18-3-1-2-4-20(18)29-13-22(27)28)23-26-21(14-30-23)24-9-15-5-16(10-24)7-17(6-15)11-24/h1-4,8,14-17H,5-7,9-11,13H2,(H,27,28)/b19-8+. The summed E-state index contributed by atoms with van der Waals surface area (Å²) in [6.45, 7) is -0.417. The highest BCUT2D eigenvalue weighted by atomic mass is 32.1. The maximum atomic E-state index is 10.8. The van der Waals surface area contributed by atoms with Crippen molar-refractivity contribution in [3.05, 3.63) is 45.9 Å². The third-order valence-electron chi connectivity index (χ3n) is 7.01. The first-order chi connectivity index (χ1) is 14.5. The molecule has 4 aliphatic carbocycles. The van der Waals surface area contributed by atoms with Crippen LogP contribution in [0.2, 0.25) is 0 Å². The van der Waals surface area contributed by atoms with Crippen molar-refractivity contribution in [3.8, 4) is 11.8 Å². The van der Waals surface area contributed by atoms with E-state index in [0.29, 0.717) is 16.9 Å². The summed E-state index contributed by atoms with van der Waals surface area (Å²) in [7, 11) is 0. The molecule has 0 unspecified atom stereocenters. The molecule has 154 valence electrons. The number of hydrogen-bond acceptors (Lipinski definition) is 5. The second-order valence-corrected chi connectivity index (χ2v) is 9.98. The highest BCUT2D eigenvalue weighted by Gasteiger charge is 2.52. The number of para-hydroxylation sites is 1. The number of rotatable bonds is 6. The van der Waals surface area contributed by atoms with Gasteiger partial charge in [0.25, 0.3) is 0 Å². The van der Waals surface area contributed by atoms with Crippen LogP contribution in [0.3, 0.4) is 0 Å². The molecule has 4 fully saturated rings. The zero-order valence-electron chi connectivity index (χ0n) is 16.7. The molecule has 0 atom stereocenters. The van der Waals surface area contributed by atoms with Crippen LogP contribution in [0, 0.1) is 29.1 Å². The zero-order chi connectivity index (χ0) is 20.7. The summed E-state index contributed by atoms with van der Waals surface area (Å²) in [5.74, 6) is 1.97. The summed E-state index contributed by atoms with van der Waals surface area (Å²) in [4.78, 5) is 15.8. The van der Waals surface area contributed by atoms with Crippen LogP contribution in [-0.2, 0) is 10.2 Å². The first kappa shape index (κ1) is 19.3. The monoisotopic (exact) mass is 420 g/mol. The fourth-order valence-corrected chi connectivity index (χ4v) is 7.14. The first-order valence-electron chi connectivity index (χ1n) is 10.6. The van der Waals surface area contributed by atoms with Gasteiger partial charge in [-0.1, -0.05) is 18.2 Å². The molecule has 1 heterocycles. The molecule has 6 heteroatoms. The Morgan fingerprint density at radius 2 is 1.90 bits per heavy atom. The Labute approximate surface area is 180 Å². The molecule has 6 rings (SSSR count). The van der Waals surface area contributed by atoms with Crippen LogP contribution in [-0.4, -0.2) is 22.7 Å². The van der Waals surface area contributed by atoms with Gasteiger partial charge in [0.2, 0.25) is 0 Å². The molecule has 2 aromatic rings. The number of benzene rings is 1. The van der Waals surface area contributed by atoms with Crippen molar-refractivity contribution in [2.24, 2.45) is 17.8 Å². The summed E-state index contributed by atoms with van der Waals surface area (Å²) in [6, 6.07) is 9.45. The van der Waals surface area contributed by atoms with Crippen LogP contribution in [0.5, 0.6) is 5.75 Å². The summed E-state index contributed by atoms with van der Waals surface area (Å²) in [5, 5.41) is 21.6. The van der Waals surface area contributed by atoms with Crippen molar-refractivity contribution in [1.29, 1.82) is 5.26 Å². The van der Waals surface area contributed by atoms with Gasteiger partial charge >= 0.3 is 5.97 Å². The molecule has 0 saturated heterocycles. The largest absolute Gasteiger partial charge is 0.481 e. The number of ether oxygens (including phenoxy) is 1. The average molecular weight is 421 g/mol. The molecule has 4 bridgehead atoms.